The maximum absolute atomic E-state index is 13.9. The number of carbonyl (C=O) groups excluding carboxylic acids is 1. The lowest BCUT2D eigenvalue weighted by Gasteiger charge is -2.20. The lowest BCUT2D eigenvalue weighted by Crippen LogP contribution is -2.30. The molecule has 0 unspecified atom stereocenters. The standard InChI is InChI=1S/C20H17FN2O2/c1-2-12-23(14-16-10-6-7-11-17(16)21)20(24)19-13-18(22-25-19)15-8-4-3-5-9-15/h2-11,13H,1,12,14H2. The van der Waals surface area contributed by atoms with Gasteiger partial charge in [-0.3, -0.25) is 4.79 Å². The SMILES string of the molecule is C=CCN(Cc1ccccc1F)C(=O)c1cc(-c2ccccc2)no1. The monoisotopic (exact) mass is 336 g/mol. The lowest BCUT2D eigenvalue weighted by atomic mass is 10.1. The fourth-order valence-electron chi connectivity index (χ4n) is 2.48. The van der Waals surface area contributed by atoms with Crippen LogP contribution in [0.4, 0.5) is 4.39 Å². The van der Waals surface area contributed by atoms with Crippen molar-refractivity contribution < 1.29 is 13.7 Å². The molecule has 0 atom stereocenters. The first-order valence-corrected chi connectivity index (χ1v) is 7.84. The van der Waals surface area contributed by atoms with Gasteiger partial charge in [0.05, 0.1) is 0 Å². The first-order chi connectivity index (χ1) is 12.2. The van der Waals surface area contributed by atoms with E-state index in [4.69, 9.17) is 4.52 Å². The van der Waals surface area contributed by atoms with Crippen molar-refractivity contribution in [3.63, 3.8) is 0 Å². The quantitative estimate of drug-likeness (QED) is 0.630. The molecule has 5 heteroatoms. The molecule has 0 aliphatic carbocycles. The van der Waals surface area contributed by atoms with Gasteiger partial charge in [-0.05, 0) is 6.07 Å². The van der Waals surface area contributed by atoms with E-state index in [1.165, 1.54) is 11.0 Å². The minimum Gasteiger partial charge on any atom is -0.350 e. The van der Waals surface area contributed by atoms with Gasteiger partial charge in [0.2, 0.25) is 5.76 Å². The van der Waals surface area contributed by atoms with Crippen molar-refractivity contribution in [2.75, 3.05) is 6.54 Å². The summed E-state index contributed by atoms with van der Waals surface area (Å²) in [7, 11) is 0. The molecule has 4 nitrogen and oxygen atoms in total. The summed E-state index contributed by atoms with van der Waals surface area (Å²) in [5, 5.41) is 3.95. The molecule has 1 heterocycles. The zero-order valence-corrected chi connectivity index (χ0v) is 13.6. The van der Waals surface area contributed by atoms with Gasteiger partial charge in [0.1, 0.15) is 11.5 Å². The van der Waals surface area contributed by atoms with Crippen LogP contribution >= 0.6 is 0 Å². The Bertz CT molecular complexity index is 874. The van der Waals surface area contributed by atoms with Crippen LogP contribution in [0.15, 0.2) is 77.8 Å². The minimum absolute atomic E-state index is 0.108. The molecular weight excluding hydrogens is 319 g/mol. The van der Waals surface area contributed by atoms with E-state index in [0.717, 1.165) is 5.56 Å². The van der Waals surface area contributed by atoms with Crippen LogP contribution in [-0.2, 0) is 6.54 Å². The number of hydrogen-bond donors (Lipinski definition) is 0. The molecule has 0 aliphatic rings. The Morgan fingerprint density at radius 3 is 2.60 bits per heavy atom. The number of nitrogens with zero attached hydrogens (tertiary/aromatic N) is 2. The second-order valence-corrected chi connectivity index (χ2v) is 5.51. The second-order valence-electron chi connectivity index (χ2n) is 5.51. The van der Waals surface area contributed by atoms with Crippen molar-refractivity contribution in [3.05, 3.63) is 90.5 Å². The molecule has 0 bridgehead atoms. The van der Waals surface area contributed by atoms with Crippen molar-refractivity contribution >= 4 is 5.91 Å². The Labute approximate surface area is 145 Å². The molecule has 2 aromatic carbocycles. The van der Waals surface area contributed by atoms with Gasteiger partial charge in [0.25, 0.3) is 5.91 Å². The van der Waals surface area contributed by atoms with E-state index in [2.05, 4.69) is 11.7 Å². The van der Waals surface area contributed by atoms with Gasteiger partial charge in [-0.1, -0.05) is 59.8 Å². The third-order valence-electron chi connectivity index (χ3n) is 3.75. The maximum atomic E-state index is 13.9. The van der Waals surface area contributed by atoms with Crippen LogP contribution in [0.3, 0.4) is 0 Å². The van der Waals surface area contributed by atoms with E-state index in [0.29, 0.717) is 11.3 Å². The molecule has 1 aromatic heterocycles. The van der Waals surface area contributed by atoms with Gasteiger partial charge in [0, 0.05) is 30.3 Å². The smallest absolute Gasteiger partial charge is 0.293 e. The van der Waals surface area contributed by atoms with Gasteiger partial charge in [-0.2, -0.15) is 0 Å². The first-order valence-electron chi connectivity index (χ1n) is 7.84. The molecule has 25 heavy (non-hydrogen) atoms. The fourth-order valence-corrected chi connectivity index (χ4v) is 2.48. The molecule has 126 valence electrons. The van der Waals surface area contributed by atoms with Crippen LogP contribution in [-0.4, -0.2) is 22.5 Å². The summed E-state index contributed by atoms with van der Waals surface area (Å²) in [5.41, 5.74) is 1.86. The number of carbonyl (C=O) groups is 1. The number of aromatic nitrogens is 1. The number of benzene rings is 2. The molecular formula is C20H17FN2O2. The average molecular weight is 336 g/mol. The highest BCUT2D eigenvalue weighted by Crippen LogP contribution is 2.20. The number of amides is 1. The summed E-state index contributed by atoms with van der Waals surface area (Å²) < 4.78 is 19.1. The highest BCUT2D eigenvalue weighted by Gasteiger charge is 2.21. The van der Waals surface area contributed by atoms with Crippen LogP contribution in [0, 0.1) is 5.82 Å². The number of halogens is 1. The minimum atomic E-state index is -0.363. The number of rotatable bonds is 6. The van der Waals surface area contributed by atoms with Crippen LogP contribution in [0.5, 0.6) is 0 Å². The molecule has 0 N–H and O–H groups in total. The van der Waals surface area contributed by atoms with Gasteiger partial charge >= 0.3 is 0 Å². The predicted molar refractivity (Wildman–Crippen MR) is 93.3 cm³/mol. The van der Waals surface area contributed by atoms with E-state index in [1.807, 2.05) is 30.3 Å². The molecule has 3 rings (SSSR count). The maximum Gasteiger partial charge on any atom is 0.293 e. The predicted octanol–water partition coefficient (Wildman–Crippen LogP) is 4.31. The molecule has 0 radical (unpaired) electrons. The molecule has 0 aliphatic heterocycles. The second kappa shape index (κ2) is 7.57. The Balaban J connectivity index is 1.82. The Kier molecular flexibility index (Phi) is 5.04. The van der Waals surface area contributed by atoms with E-state index in [9.17, 15) is 9.18 Å². The third-order valence-corrected chi connectivity index (χ3v) is 3.75. The van der Waals surface area contributed by atoms with Gasteiger partial charge in [-0.15, -0.1) is 6.58 Å². The molecule has 3 aromatic rings. The normalized spacial score (nSPS) is 10.4. The van der Waals surface area contributed by atoms with Crippen molar-refractivity contribution in [1.82, 2.24) is 10.1 Å². The van der Waals surface area contributed by atoms with Gasteiger partial charge in [0.15, 0.2) is 0 Å². The van der Waals surface area contributed by atoms with Gasteiger partial charge in [-0.25, -0.2) is 4.39 Å². The Morgan fingerprint density at radius 1 is 1.16 bits per heavy atom. The van der Waals surface area contributed by atoms with E-state index < -0.39 is 0 Å². The number of hydrogen-bond acceptors (Lipinski definition) is 3. The summed E-state index contributed by atoms with van der Waals surface area (Å²) in [5.74, 6) is -0.609. The summed E-state index contributed by atoms with van der Waals surface area (Å²) in [4.78, 5) is 14.2. The van der Waals surface area contributed by atoms with Crippen molar-refractivity contribution in [2.45, 2.75) is 6.54 Å². The zero-order chi connectivity index (χ0) is 17.6. The summed E-state index contributed by atoms with van der Waals surface area (Å²) in [6, 6.07) is 17.4. The fraction of sp³-hybridized carbons (Fsp3) is 0.100. The van der Waals surface area contributed by atoms with E-state index >= 15 is 0 Å². The van der Waals surface area contributed by atoms with Crippen LogP contribution < -0.4 is 0 Å². The highest BCUT2D eigenvalue weighted by molar-refractivity contribution is 5.92. The van der Waals surface area contributed by atoms with Crippen LogP contribution in [0.1, 0.15) is 16.1 Å². The third kappa shape index (κ3) is 3.83. The largest absolute Gasteiger partial charge is 0.350 e. The Hall–Kier alpha value is -3.21. The first kappa shape index (κ1) is 16.6. The van der Waals surface area contributed by atoms with Crippen molar-refractivity contribution in [2.24, 2.45) is 0 Å². The van der Waals surface area contributed by atoms with Gasteiger partial charge < -0.3 is 9.42 Å². The zero-order valence-electron chi connectivity index (χ0n) is 13.6. The lowest BCUT2D eigenvalue weighted by molar-refractivity contribution is 0.0719. The summed E-state index contributed by atoms with van der Waals surface area (Å²) >= 11 is 0. The Morgan fingerprint density at radius 2 is 1.88 bits per heavy atom. The topological polar surface area (TPSA) is 46.3 Å². The molecule has 0 spiro atoms. The van der Waals surface area contributed by atoms with Crippen molar-refractivity contribution in [3.8, 4) is 11.3 Å². The van der Waals surface area contributed by atoms with Crippen LogP contribution in [0.2, 0.25) is 0 Å². The summed E-state index contributed by atoms with van der Waals surface area (Å²) in [6.07, 6.45) is 1.59. The van der Waals surface area contributed by atoms with Crippen LogP contribution in [0.25, 0.3) is 11.3 Å². The molecule has 0 saturated carbocycles. The van der Waals surface area contributed by atoms with E-state index in [-0.39, 0.29) is 30.6 Å². The molecule has 0 fully saturated rings. The van der Waals surface area contributed by atoms with Crippen molar-refractivity contribution in [1.29, 1.82) is 0 Å². The highest BCUT2D eigenvalue weighted by atomic mass is 19.1. The average Bonchev–Trinajstić information content (AvgIpc) is 3.13. The molecule has 1 amide bonds. The summed E-state index contributed by atoms with van der Waals surface area (Å²) in [6.45, 7) is 4.06. The van der Waals surface area contributed by atoms with E-state index in [1.54, 1.807) is 30.3 Å². The molecule has 0 saturated heterocycles.